The summed E-state index contributed by atoms with van der Waals surface area (Å²) in [6, 6.07) is 0.240. The Bertz CT molecular complexity index is 482. The predicted molar refractivity (Wildman–Crippen MR) is 84.5 cm³/mol. The Kier molecular flexibility index (Phi) is 5.79. The van der Waals surface area contributed by atoms with Crippen molar-refractivity contribution in [3.05, 3.63) is 17.5 Å². The van der Waals surface area contributed by atoms with E-state index in [0.29, 0.717) is 11.7 Å². The van der Waals surface area contributed by atoms with Crippen molar-refractivity contribution < 1.29 is 4.79 Å². The van der Waals surface area contributed by atoms with Crippen molar-refractivity contribution in [2.45, 2.75) is 45.6 Å². The summed E-state index contributed by atoms with van der Waals surface area (Å²) in [6.45, 7) is 5.76. The number of hydrogen-bond acceptors (Lipinski definition) is 4. The van der Waals surface area contributed by atoms with Crippen molar-refractivity contribution in [1.82, 2.24) is 15.3 Å². The molecule has 1 saturated heterocycles. The molecule has 0 bridgehead atoms. The molecular formula is C15H23ClN4O. The minimum absolute atomic E-state index is 0.0128. The molecule has 0 radical (unpaired) electrons. The highest BCUT2D eigenvalue weighted by Crippen LogP contribution is 2.22. The molecule has 2 unspecified atom stereocenters. The van der Waals surface area contributed by atoms with Gasteiger partial charge in [-0.1, -0.05) is 24.9 Å². The lowest BCUT2D eigenvalue weighted by Crippen LogP contribution is -2.45. The van der Waals surface area contributed by atoms with Crippen LogP contribution in [0.5, 0.6) is 0 Å². The molecule has 2 atom stereocenters. The highest BCUT2D eigenvalue weighted by atomic mass is 35.5. The number of amides is 1. The SMILES string of the molecule is CCCC(C)NC(=O)C1CCCN(c2cncc(Cl)n2)C1. The van der Waals surface area contributed by atoms with E-state index in [2.05, 4.69) is 34.0 Å². The van der Waals surface area contributed by atoms with Gasteiger partial charge < -0.3 is 10.2 Å². The van der Waals surface area contributed by atoms with Crippen molar-refractivity contribution in [2.75, 3.05) is 18.0 Å². The Labute approximate surface area is 131 Å². The van der Waals surface area contributed by atoms with Gasteiger partial charge in [-0.2, -0.15) is 0 Å². The van der Waals surface area contributed by atoms with E-state index in [-0.39, 0.29) is 17.9 Å². The molecule has 1 aliphatic heterocycles. The molecule has 6 heteroatoms. The fraction of sp³-hybridized carbons (Fsp3) is 0.667. The lowest BCUT2D eigenvalue weighted by Gasteiger charge is -2.33. The van der Waals surface area contributed by atoms with Crippen molar-refractivity contribution >= 4 is 23.3 Å². The Hall–Kier alpha value is -1.36. The summed E-state index contributed by atoms with van der Waals surface area (Å²) in [5.41, 5.74) is 0. The highest BCUT2D eigenvalue weighted by Gasteiger charge is 2.27. The van der Waals surface area contributed by atoms with Crippen LogP contribution in [0, 0.1) is 5.92 Å². The summed E-state index contributed by atoms with van der Waals surface area (Å²) in [5, 5.41) is 3.49. The molecule has 2 rings (SSSR count). The second-order valence-corrected chi connectivity index (χ2v) is 6.07. The van der Waals surface area contributed by atoms with Crippen LogP contribution < -0.4 is 10.2 Å². The fourth-order valence-electron chi connectivity index (χ4n) is 2.75. The van der Waals surface area contributed by atoms with Gasteiger partial charge in [-0.25, -0.2) is 4.98 Å². The van der Waals surface area contributed by atoms with Gasteiger partial charge in [-0.05, 0) is 26.2 Å². The zero-order valence-corrected chi connectivity index (χ0v) is 13.4. The maximum Gasteiger partial charge on any atom is 0.225 e. The van der Waals surface area contributed by atoms with Crippen molar-refractivity contribution in [3.63, 3.8) is 0 Å². The number of piperidine rings is 1. The number of anilines is 1. The number of nitrogens with one attached hydrogen (secondary N) is 1. The zero-order valence-electron chi connectivity index (χ0n) is 12.7. The van der Waals surface area contributed by atoms with Crippen LogP contribution in [-0.2, 0) is 4.79 Å². The summed E-state index contributed by atoms with van der Waals surface area (Å²) < 4.78 is 0. The summed E-state index contributed by atoms with van der Waals surface area (Å²) in [4.78, 5) is 22.8. The first-order valence-electron chi connectivity index (χ1n) is 7.63. The molecule has 21 heavy (non-hydrogen) atoms. The number of carbonyl (C=O) groups is 1. The molecule has 1 N–H and O–H groups in total. The fourth-order valence-corrected chi connectivity index (χ4v) is 2.89. The number of aromatic nitrogens is 2. The molecule has 1 aromatic rings. The summed E-state index contributed by atoms with van der Waals surface area (Å²) in [6.07, 6.45) is 7.22. The van der Waals surface area contributed by atoms with Crippen LogP contribution in [0.4, 0.5) is 5.82 Å². The first-order chi connectivity index (χ1) is 10.1. The standard InChI is InChI=1S/C15H23ClN4O/c1-3-5-11(2)18-15(21)12-6-4-7-20(10-12)14-9-17-8-13(16)19-14/h8-9,11-12H,3-7,10H2,1-2H3,(H,18,21). The Morgan fingerprint density at radius 3 is 3.10 bits per heavy atom. The van der Waals surface area contributed by atoms with Crippen molar-refractivity contribution in [1.29, 1.82) is 0 Å². The van der Waals surface area contributed by atoms with E-state index >= 15 is 0 Å². The van der Waals surface area contributed by atoms with Crippen LogP contribution in [0.15, 0.2) is 12.4 Å². The van der Waals surface area contributed by atoms with Gasteiger partial charge in [-0.15, -0.1) is 0 Å². The number of halogens is 1. The second kappa shape index (κ2) is 7.59. The van der Waals surface area contributed by atoms with Gasteiger partial charge in [0.2, 0.25) is 5.91 Å². The van der Waals surface area contributed by atoms with Gasteiger partial charge in [0.25, 0.3) is 0 Å². The van der Waals surface area contributed by atoms with Crippen LogP contribution in [0.1, 0.15) is 39.5 Å². The molecule has 1 fully saturated rings. The normalized spacial score (nSPS) is 20.1. The van der Waals surface area contributed by atoms with Gasteiger partial charge in [-0.3, -0.25) is 9.78 Å². The van der Waals surface area contributed by atoms with Crippen LogP contribution in [-0.4, -0.2) is 35.0 Å². The van der Waals surface area contributed by atoms with Crippen LogP contribution >= 0.6 is 11.6 Å². The van der Waals surface area contributed by atoms with E-state index in [1.165, 1.54) is 6.20 Å². The quantitative estimate of drug-likeness (QED) is 0.908. The average Bonchev–Trinajstić information content (AvgIpc) is 2.47. The summed E-state index contributed by atoms with van der Waals surface area (Å²) >= 11 is 5.89. The minimum Gasteiger partial charge on any atom is -0.354 e. The van der Waals surface area contributed by atoms with E-state index < -0.39 is 0 Å². The van der Waals surface area contributed by atoms with Gasteiger partial charge in [0, 0.05) is 19.1 Å². The minimum atomic E-state index is 0.0128. The van der Waals surface area contributed by atoms with Gasteiger partial charge in [0.05, 0.1) is 18.3 Å². The maximum atomic E-state index is 12.3. The lowest BCUT2D eigenvalue weighted by molar-refractivity contribution is -0.125. The second-order valence-electron chi connectivity index (χ2n) is 5.68. The average molecular weight is 311 g/mol. The van der Waals surface area contributed by atoms with Crippen molar-refractivity contribution in [3.8, 4) is 0 Å². The highest BCUT2D eigenvalue weighted by molar-refractivity contribution is 6.29. The molecule has 0 aliphatic carbocycles. The van der Waals surface area contributed by atoms with E-state index in [9.17, 15) is 4.79 Å². The van der Waals surface area contributed by atoms with Gasteiger partial charge in [0.15, 0.2) is 0 Å². The number of rotatable bonds is 5. The van der Waals surface area contributed by atoms with Gasteiger partial charge in [0.1, 0.15) is 11.0 Å². The molecular weight excluding hydrogens is 288 g/mol. The number of carbonyl (C=O) groups excluding carboxylic acids is 1. The van der Waals surface area contributed by atoms with E-state index in [1.807, 2.05) is 0 Å². The van der Waals surface area contributed by atoms with E-state index in [1.54, 1.807) is 6.20 Å². The third-order valence-electron chi connectivity index (χ3n) is 3.82. The van der Waals surface area contributed by atoms with E-state index in [0.717, 1.165) is 38.0 Å². The molecule has 1 aliphatic rings. The van der Waals surface area contributed by atoms with Crippen LogP contribution in [0.2, 0.25) is 5.15 Å². The monoisotopic (exact) mass is 310 g/mol. The molecule has 0 aromatic carbocycles. The third-order valence-corrected chi connectivity index (χ3v) is 4.00. The largest absolute Gasteiger partial charge is 0.354 e. The molecule has 1 aromatic heterocycles. The lowest BCUT2D eigenvalue weighted by atomic mass is 9.96. The van der Waals surface area contributed by atoms with E-state index in [4.69, 9.17) is 11.6 Å². The molecule has 0 spiro atoms. The molecule has 116 valence electrons. The Morgan fingerprint density at radius 1 is 1.57 bits per heavy atom. The Balaban J connectivity index is 1.95. The third kappa shape index (κ3) is 4.56. The predicted octanol–water partition coefficient (Wildman–Crippen LogP) is 2.65. The first kappa shape index (κ1) is 16.0. The molecule has 1 amide bonds. The molecule has 0 saturated carbocycles. The topological polar surface area (TPSA) is 58.1 Å². The number of nitrogens with zero attached hydrogens (tertiary/aromatic N) is 3. The Morgan fingerprint density at radius 2 is 2.38 bits per heavy atom. The van der Waals surface area contributed by atoms with Crippen LogP contribution in [0.25, 0.3) is 0 Å². The van der Waals surface area contributed by atoms with Crippen molar-refractivity contribution in [2.24, 2.45) is 5.92 Å². The first-order valence-corrected chi connectivity index (χ1v) is 8.00. The molecule has 2 heterocycles. The summed E-state index contributed by atoms with van der Waals surface area (Å²) in [7, 11) is 0. The zero-order chi connectivity index (χ0) is 15.2. The molecule has 5 nitrogen and oxygen atoms in total. The number of hydrogen-bond donors (Lipinski definition) is 1. The summed E-state index contributed by atoms with van der Waals surface area (Å²) in [5.74, 6) is 0.913. The van der Waals surface area contributed by atoms with Crippen LogP contribution in [0.3, 0.4) is 0 Å². The maximum absolute atomic E-state index is 12.3. The van der Waals surface area contributed by atoms with Gasteiger partial charge >= 0.3 is 0 Å². The smallest absolute Gasteiger partial charge is 0.225 e.